The van der Waals surface area contributed by atoms with Gasteiger partial charge in [-0.3, -0.25) is 14.7 Å². The first-order valence-corrected chi connectivity index (χ1v) is 12.3. The third-order valence-electron chi connectivity index (χ3n) is 4.88. The van der Waals surface area contributed by atoms with Crippen LogP contribution in [0.1, 0.15) is 18.2 Å². The second kappa shape index (κ2) is 8.95. The van der Waals surface area contributed by atoms with E-state index in [1.807, 2.05) is 42.5 Å². The number of nitrogens with zero attached hydrogens (tertiary/aromatic N) is 3. The van der Waals surface area contributed by atoms with Gasteiger partial charge in [-0.05, 0) is 42.0 Å². The van der Waals surface area contributed by atoms with Gasteiger partial charge in [0, 0.05) is 6.20 Å². The van der Waals surface area contributed by atoms with Gasteiger partial charge in [-0.15, -0.1) is 0 Å². The molecule has 0 N–H and O–H groups in total. The number of carbonyl (C=O) groups is 1. The first-order valence-electron chi connectivity index (χ1n) is 9.84. The van der Waals surface area contributed by atoms with E-state index in [0.29, 0.717) is 11.7 Å². The number of anilines is 1. The van der Waals surface area contributed by atoms with E-state index in [2.05, 4.69) is 9.97 Å². The number of aromatic nitrogens is 2. The van der Waals surface area contributed by atoms with Crippen molar-refractivity contribution in [2.24, 2.45) is 0 Å². The Morgan fingerprint density at radius 1 is 1.00 bits per heavy atom. The van der Waals surface area contributed by atoms with E-state index in [4.69, 9.17) is 0 Å². The standard InChI is InChI=1S/C23H21N3O3S2/c1-2-31(28,29)19-12-10-17(11-13-19)15-22(27)26(16-18-7-5-6-14-24-18)23-25-20-8-3-4-9-21(20)30-23/h3-14H,2,15-16H2,1H3. The summed E-state index contributed by atoms with van der Waals surface area (Å²) < 4.78 is 25.1. The molecule has 0 spiro atoms. The number of hydrogen-bond donors (Lipinski definition) is 0. The lowest BCUT2D eigenvalue weighted by Crippen LogP contribution is -2.32. The van der Waals surface area contributed by atoms with Crippen LogP contribution in [0.15, 0.2) is 77.8 Å². The van der Waals surface area contributed by atoms with Gasteiger partial charge in [0.1, 0.15) is 0 Å². The molecule has 6 nitrogen and oxygen atoms in total. The Labute approximate surface area is 185 Å². The normalized spacial score (nSPS) is 11.5. The van der Waals surface area contributed by atoms with Gasteiger partial charge in [-0.25, -0.2) is 13.4 Å². The smallest absolute Gasteiger partial charge is 0.233 e. The van der Waals surface area contributed by atoms with E-state index in [1.165, 1.54) is 11.3 Å². The van der Waals surface area contributed by atoms with Crippen molar-refractivity contribution in [3.05, 3.63) is 84.2 Å². The van der Waals surface area contributed by atoms with Gasteiger partial charge in [-0.1, -0.05) is 48.6 Å². The number of benzene rings is 2. The number of sulfone groups is 1. The highest BCUT2D eigenvalue weighted by atomic mass is 32.2. The van der Waals surface area contributed by atoms with Gasteiger partial charge in [-0.2, -0.15) is 0 Å². The van der Waals surface area contributed by atoms with Gasteiger partial charge < -0.3 is 0 Å². The summed E-state index contributed by atoms with van der Waals surface area (Å²) in [6.07, 6.45) is 1.83. The van der Waals surface area contributed by atoms with Crippen molar-refractivity contribution in [2.75, 3.05) is 10.7 Å². The van der Waals surface area contributed by atoms with Crippen molar-refractivity contribution in [3.63, 3.8) is 0 Å². The highest BCUT2D eigenvalue weighted by molar-refractivity contribution is 7.91. The van der Waals surface area contributed by atoms with Crippen molar-refractivity contribution in [1.29, 1.82) is 0 Å². The molecule has 4 rings (SSSR count). The van der Waals surface area contributed by atoms with Crippen LogP contribution in [0.5, 0.6) is 0 Å². The van der Waals surface area contributed by atoms with E-state index >= 15 is 0 Å². The average molecular weight is 452 g/mol. The Morgan fingerprint density at radius 2 is 1.74 bits per heavy atom. The van der Waals surface area contributed by atoms with Gasteiger partial charge in [0.25, 0.3) is 0 Å². The van der Waals surface area contributed by atoms with Crippen molar-refractivity contribution in [3.8, 4) is 0 Å². The second-order valence-electron chi connectivity index (χ2n) is 6.99. The minimum atomic E-state index is -3.27. The molecule has 158 valence electrons. The zero-order chi connectivity index (χ0) is 21.8. The summed E-state index contributed by atoms with van der Waals surface area (Å²) in [4.78, 5) is 24.2. The third-order valence-corrected chi connectivity index (χ3v) is 7.69. The molecule has 0 aliphatic rings. The second-order valence-corrected chi connectivity index (χ2v) is 10.3. The zero-order valence-corrected chi connectivity index (χ0v) is 18.6. The molecule has 2 aromatic heterocycles. The van der Waals surface area contributed by atoms with Crippen LogP contribution in [-0.4, -0.2) is 30.0 Å². The molecule has 0 aliphatic heterocycles. The van der Waals surface area contributed by atoms with Crippen molar-refractivity contribution in [2.45, 2.75) is 24.8 Å². The molecule has 0 unspecified atom stereocenters. The molecule has 0 fully saturated rings. The molecule has 2 heterocycles. The minimum absolute atomic E-state index is 0.0424. The van der Waals surface area contributed by atoms with E-state index in [1.54, 1.807) is 42.3 Å². The van der Waals surface area contributed by atoms with Gasteiger partial charge >= 0.3 is 0 Å². The number of amides is 1. The minimum Gasteiger partial charge on any atom is -0.282 e. The third kappa shape index (κ3) is 4.81. The van der Waals surface area contributed by atoms with Crippen LogP contribution in [0.25, 0.3) is 10.2 Å². The Bertz CT molecular complexity index is 1270. The molecular formula is C23H21N3O3S2. The summed E-state index contributed by atoms with van der Waals surface area (Å²) >= 11 is 1.46. The maximum atomic E-state index is 13.3. The van der Waals surface area contributed by atoms with Crippen LogP contribution in [0.2, 0.25) is 0 Å². The van der Waals surface area contributed by atoms with Gasteiger partial charge in [0.15, 0.2) is 15.0 Å². The number of fused-ring (bicyclic) bond motifs is 1. The number of pyridine rings is 1. The SMILES string of the molecule is CCS(=O)(=O)c1ccc(CC(=O)N(Cc2ccccn2)c2nc3ccccc3s2)cc1. The number of carbonyl (C=O) groups excluding carboxylic acids is 1. The monoisotopic (exact) mass is 451 g/mol. The fraction of sp³-hybridized carbons (Fsp3) is 0.174. The maximum absolute atomic E-state index is 13.3. The number of hydrogen-bond acceptors (Lipinski definition) is 6. The molecule has 0 saturated carbocycles. The molecule has 0 radical (unpaired) electrons. The molecule has 8 heteroatoms. The quantitative estimate of drug-likeness (QED) is 0.419. The molecular weight excluding hydrogens is 430 g/mol. The molecule has 0 saturated heterocycles. The van der Waals surface area contributed by atoms with Crippen LogP contribution in [0, 0.1) is 0 Å². The molecule has 0 bridgehead atoms. The van der Waals surface area contributed by atoms with Gasteiger partial charge in [0.05, 0.1) is 39.5 Å². The number of thiazole rings is 1. The largest absolute Gasteiger partial charge is 0.282 e. The van der Waals surface area contributed by atoms with Crippen LogP contribution >= 0.6 is 11.3 Å². The Hall–Kier alpha value is -3.10. The van der Waals surface area contributed by atoms with Crippen molar-refractivity contribution in [1.82, 2.24) is 9.97 Å². The number of para-hydroxylation sites is 1. The summed E-state index contributed by atoms with van der Waals surface area (Å²) in [5.74, 6) is -0.0865. The Kier molecular flexibility index (Phi) is 6.11. The topological polar surface area (TPSA) is 80.2 Å². The molecule has 4 aromatic rings. The fourth-order valence-corrected chi connectivity index (χ4v) is 5.01. The van der Waals surface area contributed by atoms with Crippen molar-refractivity contribution < 1.29 is 13.2 Å². The van der Waals surface area contributed by atoms with E-state index in [-0.39, 0.29) is 23.0 Å². The summed E-state index contributed by atoms with van der Waals surface area (Å²) in [7, 11) is -3.27. The fourth-order valence-electron chi connectivity index (χ4n) is 3.14. The predicted molar refractivity (Wildman–Crippen MR) is 123 cm³/mol. The molecule has 31 heavy (non-hydrogen) atoms. The molecule has 1 amide bonds. The summed E-state index contributed by atoms with van der Waals surface area (Å²) in [6, 6.07) is 19.9. The lowest BCUT2D eigenvalue weighted by molar-refractivity contribution is -0.118. The predicted octanol–water partition coefficient (Wildman–Crippen LogP) is 4.26. The lowest BCUT2D eigenvalue weighted by Gasteiger charge is -2.19. The zero-order valence-electron chi connectivity index (χ0n) is 16.9. The van der Waals surface area contributed by atoms with E-state index < -0.39 is 9.84 Å². The highest BCUT2D eigenvalue weighted by Gasteiger charge is 2.21. The van der Waals surface area contributed by atoms with E-state index in [9.17, 15) is 13.2 Å². The first kappa shape index (κ1) is 21.1. The average Bonchev–Trinajstić information content (AvgIpc) is 3.22. The molecule has 0 atom stereocenters. The van der Waals surface area contributed by atoms with Crippen LogP contribution in [0.3, 0.4) is 0 Å². The number of rotatable bonds is 7. The summed E-state index contributed by atoms with van der Waals surface area (Å²) in [5.41, 5.74) is 2.35. The summed E-state index contributed by atoms with van der Waals surface area (Å²) in [5, 5.41) is 0.613. The molecule has 2 aromatic carbocycles. The molecule has 0 aliphatic carbocycles. The van der Waals surface area contributed by atoms with Crippen LogP contribution in [-0.2, 0) is 27.6 Å². The maximum Gasteiger partial charge on any atom is 0.233 e. The highest BCUT2D eigenvalue weighted by Crippen LogP contribution is 2.30. The van der Waals surface area contributed by atoms with E-state index in [0.717, 1.165) is 21.5 Å². The Balaban J connectivity index is 1.62. The lowest BCUT2D eigenvalue weighted by atomic mass is 10.1. The van der Waals surface area contributed by atoms with Crippen LogP contribution < -0.4 is 4.90 Å². The van der Waals surface area contributed by atoms with Crippen molar-refractivity contribution >= 4 is 42.4 Å². The van der Waals surface area contributed by atoms with Gasteiger partial charge in [0.2, 0.25) is 5.91 Å². The van der Waals surface area contributed by atoms with Crippen LogP contribution in [0.4, 0.5) is 5.13 Å². The first-order chi connectivity index (χ1) is 15.0. The Morgan fingerprint density at radius 3 is 2.42 bits per heavy atom. The summed E-state index contributed by atoms with van der Waals surface area (Å²) in [6.45, 7) is 1.92.